The quantitative estimate of drug-likeness (QED) is 0.685. The summed E-state index contributed by atoms with van der Waals surface area (Å²) in [6, 6.07) is 16.6. The van der Waals surface area contributed by atoms with Gasteiger partial charge in [-0.2, -0.15) is 0 Å². The highest BCUT2D eigenvalue weighted by Gasteiger charge is 2.20. The van der Waals surface area contributed by atoms with E-state index in [1.807, 2.05) is 24.3 Å². The smallest absolute Gasteiger partial charge is 0.147 e. The molecule has 0 N–H and O–H groups in total. The highest BCUT2D eigenvalue weighted by Crippen LogP contribution is 2.21. The molecule has 2 rings (SSSR count). The van der Waals surface area contributed by atoms with Gasteiger partial charge in [-0.25, -0.2) is 0 Å². The Bertz CT molecular complexity index is 555. The molecule has 2 aromatic rings. The van der Waals surface area contributed by atoms with Crippen molar-refractivity contribution in [3.05, 3.63) is 66.8 Å². The Labute approximate surface area is 142 Å². The average Bonchev–Trinajstić information content (AvgIpc) is 2.45. The van der Waals surface area contributed by atoms with Crippen LogP contribution in [-0.4, -0.2) is 0 Å². The summed E-state index contributed by atoms with van der Waals surface area (Å²) in [5, 5.41) is 0. The number of hydrogen-bond donors (Lipinski definition) is 0. The first kappa shape index (κ1) is 17.5. The normalized spacial score (nSPS) is 12.7. The Balaban J connectivity index is 2.23. The second-order valence-electron chi connectivity index (χ2n) is 7.76. The molecule has 1 radical (unpaired) electrons. The van der Waals surface area contributed by atoms with Gasteiger partial charge in [-0.05, 0) is 46.2 Å². The van der Waals surface area contributed by atoms with E-state index in [-0.39, 0.29) is 10.8 Å². The Hall–Kier alpha value is -0.870. The van der Waals surface area contributed by atoms with Gasteiger partial charge in [0.1, 0.15) is 7.14 Å². The molecule has 0 fully saturated rings. The highest BCUT2D eigenvalue weighted by molar-refractivity contribution is 5.23. The molecule has 2 aromatic carbocycles. The molecule has 0 atom stereocenters. The molecule has 0 bridgehead atoms. The highest BCUT2D eigenvalue weighted by atomic mass is 127. The summed E-state index contributed by atoms with van der Waals surface area (Å²) in [4.78, 5) is 0. The maximum Gasteiger partial charge on any atom is 0.147 e. The molecule has 0 heterocycles. The zero-order chi connectivity index (χ0) is 16.5. The average molecular weight is 409 g/mol. The molecule has 0 unspecified atom stereocenters. The van der Waals surface area contributed by atoms with E-state index >= 15 is 0 Å². The van der Waals surface area contributed by atoms with Gasteiger partial charge in [0.25, 0.3) is 0 Å². The van der Waals surface area contributed by atoms with E-state index in [1.165, 1.54) is 11.1 Å². The summed E-state index contributed by atoms with van der Waals surface area (Å²) in [5.41, 5.74) is 2.83. The number of rotatable bonds is 2. The zero-order valence-electron chi connectivity index (χ0n) is 14.4. The van der Waals surface area contributed by atoms with Crippen LogP contribution >= 0.6 is 0 Å². The molecule has 0 aliphatic carbocycles. The van der Waals surface area contributed by atoms with E-state index in [9.17, 15) is 3.44 Å². The van der Waals surface area contributed by atoms with Crippen LogP contribution in [0.2, 0.25) is 0 Å². The van der Waals surface area contributed by atoms with Gasteiger partial charge in [-0.3, -0.25) is 0 Å². The lowest BCUT2D eigenvalue weighted by molar-refractivity contribution is -1.27. The molecule has 2 heteroatoms. The second kappa shape index (κ2) is 6.32. The van der Waals surface area contributed by atoms with Crippen molar-refractivity contribution in [1.29, 1.82) is 0 Å². The Morgan fingerprint density at radius 3 is 1.09 bits per heavy atom. The minimum Gasteiger partial charge on any atom is -0.624 e. The first-order chi connectivity index (χ1) is 10.1. The molecular formula is C20H26IO. The summed E-state index contributed by atoms with van der Waals surface area (Å²) in [7, 11) is 0. The van der Waals surface area contributed by atoms with Crippen molar-refractivity contribution in [3.8, 4) is 0 Å². The summed E-state index contributed by atoms with van der Waals surface area (Å²) in [6.45, 7) is 13.2. The second-order valence-corrected chi connectivity index (χ2v) is 11.7. The van der Waals surface area contributed by atoms with Crippen LogP contribution in [-0.2, 0) is 10.8 Å². The Morgan fingerprint density at radius 2 is 0.864 bits per heavy atom. The van der Waals surface area contributed by atoms with Gasteiger partial charge in [-0.15, -0.1) is 0 Å². The van der Waals surface area contributed by atoms with Gasteiger partial charge in [0.15, 0.2) is 0 Å². The van der Waals surface area contributed by atoms with Crippen LogP contribution in [0, 0.1) is 7.14 Å². The van der Waals surface area contributed by atoms with Crippen LogP contribution < -0.4 is 23.7 Å². The van der Waals surface area contributed by atoms with Gasteiger partial charge in [0.05, 0.1) is 20.2 Å². The topological polar surface area (TPSA) is 23.1 Å². The SMILES string of the molecule is CC(C)(C)c1ccc([I+]([O-])c2ccc(C(C)(C)C)cc2)cc1. The third-order valence-electron chi connectivity index (χ3n) is 3.82. The van der Waals surface area contributed by atoms with Crippen molar-refractivity contribution < 1.29 is 23.7 Å². The number of benzene rings is 2. The molecule has 0 aromatic heterocycles. The van der Waals surface area contributed by atoms with Crippen LogP contribution in [0.5, 0.6) is 0 Å². The molecule has 22 heavy (non-hydrogen) atoms. The van der Waals surface area contributed by atoms with Crippen molar-refractivity contribution in [3.63, 3.8) is 0 Å². The predicted molar refractivity (Wildman–Crippen MR) is 87.7 cm³/mol. The van der Waals surface area contributed by atoms with Crippen LogP contribution in [0.4, 0.5) is 0 Å². The lowest BCUT2D eigenvalue weighted by atomic mass is 9.87. The van der Waals surface area contributed by atoms with Crippen molar-refractivity contribution >= 4 is 0 Å². The Kier molecular flexibility index (Phi) is 5.03. The lowest BCUT2D eigenvalue weighted by Gasteiger charge is -2.20. The van der Waals surface area contributed by atoms with Gasteiger partial charge < -0.3 is 3.44 Å². The third-order valence-corrected chi connectivity index (χ3v) is 7.52. The molecule has 0 amide bonds. The molecule has 0 aliphatic rings. The summed E-state index contributed by atoms with van der Waals surface area (Å²) < 4.78 is 14.8. The van der Waals surface area contributed by atoms with Crippen LogP contribution in [0.15, 0.2) is 48.5 Å². The van der Waals surface area contributed by atoms with Crippen LogP contribution in [0.3, 0.4) is 0 Å². The molecule has 0 aliphatic heterocycles. The molecular weight excluding hydrogens is 383 g/mol. The van der Waals surface area contributed by atoms with E-state index in [0.29, 0.717) is 0 Å². The maximum atomic E-state index is 12.8. The standard InChI is InChI=1S/C20H26IO/c1-19(2,3)15-7-11-17(12-8-15)21(22)18-13-9-16(10-14-18)20(4,5)6/h7-14H,1-6H3. The maximum absolute atomic E-state index is 12.8. The van der Waals surface area contributed by atoms with E-state index in [0.717, 1.165) is 7.14 Å². The Morgan fingerprint density at radius 1 is 0.591 bits per heavy atom. The number of hydrogen-bond acceptors (Lipinski definition) is 1. The monoisotopic (exact) mass is 409 g/mol. The van der Waals surface area contributed by atoms with Gasteiger partial charge in [0, 0.05) is 0 Å². The molecule has 0 saturated heterocycles. The van der Waals surface area contributed by atoms with Crippen molar-refractivity contribution in [2.24, 2.45) is 0 Å². The van der Waals surface area contributed by atoms with Crippen LogP contribution in [0.25, 0.3) is 0 Å². The molecule has 119 valence electrons. The predicted octanol–water partition coefficient (Wildman–Crippen LogP) is 1.22. The van der Waals surface area contributed by atoms with Gasteiger partial charge in [-0.1, -0.05) is 65.8 Å². The minimum absolute atomic E-state index is 0.134. The van der Waals surface area contributed by atoms with Crippen LogP contribution in [0.1, 0.15) is 52.7 Å². The largest absolute Gasteiger partial charge is 0.624 e. The van der Waals surface area contributed by atoms with E-state index in [2.05, 4.69) is 65.8 Å². The van der Waals surface area contributed by atoms with E-state index in [4.69, 9.17) is 0 Å². The fourth-order valence-corrected chi connectivity index (χ4v) is 5.00. The van der Waals surface area contributed by atoms with Crippen molar-refractivity contribution in [2.45, 2.75) is 52.4 Å². The van der Waals surface area contributed by atoms with Crippen molar-refractivity contribution in [2.75, 3.05) is 0 Å². The van der Waals surface area contributed by atoms with E-state index in [1.54, 1.807) is 0 Å². The number of halogens is 1. The zero-order valence-corrected chi connectivity index (χ0v) is 16.6. The molecule has 0 saturated carbocycles. The molecule has 0 spiro atoms. The summed E-state index contributed by atoms with van der Waals surface area (Å²) >= 11 is -2.51. The minimum atomic E-state index is -2.51. The third kappa shape index (κ3) is 4.11. The summed E-state index contributed by atoms with van der Waals surface area (Å²) in [5.74, 6) is 0. The van der Waals surface area contributed by atoms with Gasteiger partial charge in [0.2, 0.25) is 0 Å². The first-order valence-electron chi connectivity index (χ1n) is 7.68. The first-order valence-corrected chi connectivity index (χ1v) is 10.7. The van der Waals surface area contributed by atoms with Crippen molar-refractivity contribution in [1.82, 2.24) is 0 Å². The lowest BCUT2D eigenvalue weighted by Crippen LogP contribution is -3.92. The molecule has 1 nitrogen and oxygen atoms in total. The summed E-state index contributed by atoms with van der Waals surface area (Å²) in [6.07, 6.45) is 0. The van der Waals surface area contributed by atoms with Gasteiger partial charge >= 0.3 is 0 Å². The fourth-order valence-electron chi connectivity index (χ4n) is 2.25. The van der Waals surface area contributed by atoms with E-state index < -0.39 is 20.2 Å². The fraction of sp³-hybridized carbons (Fsp3) is 0.400.